The van der Waals surface area contributed by atoms with Crippen LogP contribution in [0.15, 0.2) is 41.4 Å². The molecule has 0 N–H and O–H groups in total. The molecule has 2 unspecified atom stereocenters. The van der Waals surface area contributed by atoms with Gasteiger partial charge in [-0.05, 0) is 12.1 Å². The summed E-state index contributed by atoms with van der Waals surface area (Å²) in [6.07, 6.45) is 1.85. The minimum atomic E-state index is 0.437. The molecular weight excluding hydrogens is 298 g/mol. The van der Waals surface area contributed by atoms with Crippen LogP contribution in [0, 0.1) is 0 Å². The number of para-hydroxylation sites is 1. The van der Waals surface area contributed by atoms with Gasteiger partial charge in [0.15, 0.2) is 0 Å². The first-order chi connectivity index (χ1) is 8.34. The van der Waals surface area contributed by atoms with Crippen LogP contribution in [-0.2, 0) is 4.74 Å². The summed E-state index contributed by atoms with van der Waals surface area (Å²) in [4.78, 5) is 6.15. The van der Waals surface area contributed by atoms with Crippen LogP contribution in [0.1, 0.15) is 0 Å². The number of pyridine rings is 1. The summed E-state index contributed by atoms with van der Waals surface area (Å²) in [5.74, 6) is 0. The Morgan fingerprint density at radius 2 is 2.12 bits per heavy atom. The van der Waals surface area contributed by atoms with Gasteiger partial charge in [0.1, 0.15) is 0 Å². The normalized spacial score (nSPS) is 24.3. The fourth-order valence-electron chi connectivity index (χ4n) is 1.95. The van der Waals surface area contributed by atoms with Gasteiger partial charge in [-0.1, -0.05) is 34.1 Å². The maximum Gasteiger partial charge on any atom is 0.0837 e. The number of alkyl halides is 1. The first-order valence-corrected chi connectivity index (χ1v) is 7.36. The van der Waals surface area contributed by atoms with Gasteiger partial charge in [0.2, 0.25) is 0 Å². The Bertz CT molecular complexity index is 528. The molecule has 2 atom stereocenters. The molecule has 0 saturated carbocycles. The molecule has 4 heteroatoms. The van der Waals surface area contributed by atoms with Crippen LogP contribution in [0.2, 0.25) is 0 Å². The fourth-order valence-corrected chi connectivity index (χ4v) is 3.77. The van der Waals surface area contributed by atoms with Crippen molar-refractivity contribution in [1.82, 2.24) is 4.98 Å². The molecule has 0 amide bonds. The predicted molar refractivity (Wildman–Crippen MR) is 74.9 cm³/mol. The number of ether oxygens (including phenoxy) is 1. The lowest BCUT2D eigenvalue weighted by Crippen LogP contribution is -2.13. The number of rotatable bonds is 2. The zero-order chi connectivity index (χ0) is 11.7. The molecule has 0 bridgehead atoms. The number of fused-ring (bicyclic) bond motifs is 1. The zero-order valence-electron chi connectivity index (χ0n) is 9.17. The third kappa shape index (κ3) is 2.34. The van der Waals surface area contributed by atoms with E-state index in [1.807, 2.05) is 24.0 Å². The van der Waals surface area contributed by atoms with E-state index in [0.717, 1.165) is 18.7 Å². The summed E-state index contributed by atoms with van der Waals surface area (Å²) < 4.78 is 5.47. The lowest BCUT2D eigenvalue weighted by Gasteiger charge is -2.12. The molecular formula is C13H12BrNOS. The minimum absolute atomic E-state index is 0.437. The van der Waals surface area contributed by atoms with E-state index >= 15 is 0 Å². The minimum Gasteiger partial charge on any atom is -0.379 e. The quantitative estimate of drug-likeness (QED) is 0.793. The van der Waals surface area contributed by atoms with Crippen LogP contribution in [0.25, 0.3) is 10.9 Å². The Morgan fingerprint density at radius 3 is 2.94 bits per heavy atom. The number of thioether (sulfide) groups is 1. The van der Waals surface area contributed by atoms with E-state index in [4.69, 9.17) is 4.74 Å². The summed E-state index contributed by atoms with van der Waals surface area (Å²) in [5.41, 5.74) is 1.09. The molecule has 2 heterocycles. The van der Waals surface area contributed by atoms with E-state index < -0.39 is 0 Å². The van der Waals surface area contributed by atoms with Gasteiger partial charge >= 0.3 is 0 Å². The summed E-state index contributed by atoms with van der Waals surface area (Å²) >= 11 is 5.51. The number of halogens is 1. The van der Waals surface area contributed by atoms with Gasteiger partial charge in [0, 0.05) is 21.7 Å². The van der Waals surface area contributed by atoms with Gasteiger partial charge in [-0.15, -0.1) is 11.8 Å². The molecule has 1 fully saturated rings. The smallest absolute Gasteiger partial charge is 0.0837 e. The number of benzene rings is 1. The largest absolute Gasteiger partial charge is 0.379 e. The molecule has 0 spiro atoms. The van der Waals surface area contributed by atoms with Crippen molar-refractivity contribution in [3.63, 3.8) is 0 Å². The first-order valence-electron chi connectivity index (χ1n) is 5.57. The number of aromatic nitrogens is 1. The van der Waals surface area contributed by atoms with Crippen molar-refractivity contribution in [1.29, 1.82) is 0 Å². The van der Waals surface area contributed by atoms with Crippen LogP contribution < -0.4 is 0 Å². The lowest BCUT2D eigenvalue weighted by molar-refractivity contribution is 0.200. The van der Waals surface area contributed by atoms with Crippen molar-refractivity contribution < 1.29 is 4.74 Å². The Hall–Kier alpha value is -0.580. The number of hydrogen-bond acceptors (Lipinski definition) is 3. The number of nitrogens with zero attached hydrogens (tertiary/aromatic N) is 1. The van der Waals surface area contributed by atoms with Gasteiger partial charge in [0.05, 0.1) is 23.6 Å². The highest BCUT2D eigenvalue weighted by molar-refractivity contribution is 9.09. The summed E-state index contributed by atoms with van der Waals surface area (Å²) in [6, 6.07) is 10.4. The molecule has 17 heavy (non-hydrogen) atoms. The van der Waals surface area contributed by atoms with Crippen molar-refractivity contribution in [2.24, 2.45) is 0 Å². The van der Waals surface area contributed by atoms with E-state index in [9.17, 15) is 0 Å². The summed E-state index contributed by atoms with van der Waals surface area (Å²) in [6.45, 7) is 1.61. The van der Waals surface area contributed by atoms with Crippen molar-refractivity contribution in [3.05, 3.63) is 36.5 Å². The predicted octanol–water partition coefficient (Wildman–Crippen LogP) is 3.49. The highest BCUT2D eigenvalue weighted by Gasteiger charge is 2.27. The standard InChI is InChI=1S/C13H12BrNOS/c14-10-7-16-8-12(10)17-11-5-1-3-9-4-2-6-15-13(9)11/h1-6,10,12H,7-8H2. The molecule has 2 nitrogen and oxygen atoms in total. The van der Waals surface area contributed by atoms with Crippen LogP contribution in [0.4, 0.5) is 0 Å². The molecule has 1 saturated heterocycles. The zero-order valence-corrected chi connectivity index (χ0v) is 11.6. The molecule has 1 aliphatic rings. The monoisotopic (exact) mass is 309 g/mol. The molecule has 1 aliphatic heterocycles. The highest BCUT2D eigenvalue weighted by atomic mass is 79.9. The molecule has 0 radical (unpaired) electrons. The summed E-state index contributed by atoms with van der Waals surface area (Å²) in [7, 11) is 0. The van der Waals surface area contributed by atoms with Crippen molar-refractivity contribution in [2.75, 3.05) is 13.2 Å². The fraction of sp³-hybridized carbons (Fsp3) is 0.308. The van der Waals surface area contributed by atoms with Crippen LogP contribution in [-0.4, -0.2) is 28.3 Å². The Morgan fingerprint density at radius 1 is 1.24 bits per heavy atom. The SMILES string of the molecule is BrC1COCC1Sc1cccc2cccnc12. The van der Waals surface area contributed by atoms with Gasteiger partial charge in [0.25, 0.3) is 0 Å². The average molecular weight is 310 g/mol. The maximum absolute atomic E-state index is 5.47. The Kier molecular flexibility index (Phi) is 3.36. The van der Waals surface area contributed by atoms with Gasteiger partial charge in [-0.3, -0.25) is 4.98 Å². The maximum atomic E-state index is 5.47. The second kappa shape index (κ2) is 4.96. The van der Waals surface area contributed by atoms with Crippen molar-refractivity contribution >= 4 is 38.6 Å². The first kappa shape index (κ1) is 11.5. The van der Waals surface area contributed by atoms with Crippen molar-refractivity contribution in [3.8, 4) is 0 Å². The van der Waals surface area contributed by atoms with Crippen LogP contribution in [0.5, 0.6) is 0 Å². The summed E-state index contributed by atoms with van der Waals surface area (Å²) in [5, 5.41) is 1.67. The molecule has 1 aromatic heterocycles. The van der Waals surface area contributed by atoms with E-state index in [-0.39, 0.29) is 0 Å². The third-order valence-corrected chi connectivity index (χ3v) is 5.44. The Balaban J connectivity index is 1.94. The van der Waals surface area contributed by atoms with Gasteiger partial charge in [-0.25, -0.2) is 0 Å². The lowest BCUT2D eigenvalue weighted by atomic mass is 10.2. The highest BCUT2D eigenvalue weighted by Crippen LogP contribution is 2.35. The Labute approximate surface area is 113 Å². The molecule has 88 valence electrons. The second-order valence-corrected chi connectivity index (χ2v) is 6.50. The van der Waals surface area contributed by atoms with E-state index in [0.29, 0.717) is 10.1 Å². The van der Waals surface area contributed by atoms with E-state index in [1.54, 1.807) is 0 Å². The van der Waals surface area contributed by atoms with Crippen LogP contribution in [0.3, 0.4) is 0 Å². The van der Waals surface area contributed by atoms with Crippen molar-refractivity contribution in [2.45, 2.75) is 15.0 Å². The molecule has 2 aromatic rings. The van der Waals surface area contributed by atoms with Gasteiger partial charge < -0.3 is 4.74 Å². The molecule has 1 aromatic carbocycles. The van der Waals surface area contributed by atoms with Crippen LogP contribution >= 0.6 is 27.7 Å². The molecule has 3 rings (SSSR count). The van der Waals surface area contributed by atoms with Gasteiger partial charge in [-0.2, -0.15) is 0 Å². The topological polar surface area (TPSA) is 22.1 Å². The molecule has 0 aliphatic carbocycles. The second-order valence-electron chi connectivity index (χ2n) is 4.04. The third-order valence-electron chi connectivity index (χ3n) is 2.84. The van der Waals surface area contributed by atoms with E-state index in [1.165, 1.54) is 10.3 Å². The average Bonchev–Trinajstić information content (AvgIpc) is 2.76. The number of hydrogen-bond donors (Lipinski definition) is 0. The van der Waals surface area contributed by atoms with E-state index in [2.05, 4.69) is 45.2 Å².